The van der Waals surface area contributed by atoms with Crippen molar-refractivity contribution in [1.82, 2.24) is 30.1 Å². The second-order valence-electron chi connectivity index (χ2n) is 8.70. The van der Waals surface area contributed by atoms with Crippen molar-refractivity contribution in [2.24, 2.45) is 4.99 Å². The van der Waals surface area contributed by atoms with Crippen molar-refractivity contribution < 1.29 is 4.79 Å². The number of pyridine rings is 2. The first-order valence-corrected chi connectivity index (χ1v) is 11.6. The minimum absolute atomic E-state index is 0.131. The largest absolute Gasteiger partial charge is 0.338 e. The number of imidazole rings is 1. The van der Waals surface area contributed by atoms with Crippen LogP contribution in [-0.4, -0.2) is 55.0 Å². The molecule has 4 aromatic heterocycles. The van der Waals surface area contributed by atoms with Crippen molar-refractivity contribution in [3.8, 4) is 22.6 Å². The van der Waals surface area contributed by atoms with Crippen LogP contribution in [0.5, 0.6) is 0 Å². The molecule has 36 heavy (non-hydrogen) atoms. The van der Waals surface area contributed by atoms with Crippen LogP contribution in [0.25, 0.3) is 33.7 Å². The zero-order valence-electron chi connectivity index (χ0n) is 19.5. The van der Waals surface area contributed by atoms with Crippen LogP contribution < -0.4 is 10.2 Å². The molecule has 0 radical (unpaired) electrons. The number of amides is 1. The summed E-state index contributed by atoms with van der Waals surface area (Å²) in [7, 11) is 0. The van der Waals surface area contributed by atoms with Crippen LogP contribution in [0.4, 0.5) is 11.5 Å². The van der Waals surface area contributed by atoms with Crippen LogP contribution in [0.3, 0.4) is 0 Å². The maximum atomic E-state index is 12.6. The number of anilines is 2. The molecule has 3 N–H and O–H groups in total. The Kier molecular flexibility index (Phi) is 5.45. The summed E-state index contributed by atoms with van der Waals surface area (Å²) in [6, 6.07) is 15.4. The highest BCUT2D eigenvalue weighted by Crippen LogP contribution is 2.28. The molecule has 5 heterocycles. The van der Waals surface area contributed by atoms with Crippen molar-refractivity contribution in [3.05, 3.63) is 72.8 Å². The Morgan fingerprint density at radius 1 is 1.08 bits per heavy atom. The van der Waals surface area contributed by atoms with Crippen molar-refractivity contribution in [2.45, 2.75) is 19.4 Å². The van der Waals surface area contributed by atoms with E-state index in [4.69, 9.17) is 4.98 Å². The number of aromatic amines is 2. The number of nitrogens with one attached hydrogen (secondary N) is 3. The minimum Gasteiger partial charge on any atom is -0.338 e. The predicted molar refractivity (Wildman–Crippen MR) is 139 cm³/mol. The van der Waals surface area contributed by atoms with Gasteiger partial charge in [0.05, 0.1) is 30.0 Å². The molecule has 0 fully saturated rings. The summed E-state index contributed by atoms with van der Waals surface area (Å²) in [6.45, 7) is 2.86. The molecule has 0 spiro atoms. The Bertz CT molecular complexity index is 1550. The van der Waals surface area contributed by atoms with Gasteiger partial charge in [-0.2, -0.15) is 5.10 Å². The monoisotopic (exact) mass is 477 g/mol. The number of fused-ring (bicyclic) bond motifs is 1. The van der Waals surface area contributed by atoms with Gasteiger partial charge in [0, 0.05) is 47.6 Å². The van der Waals surface area contributed by atoms with Gasteiger partial charge in [0.15, 0.2) is 5.82 Å². The smallest absolute Gasteiger partial charge is 0.230 e. The molecule has 1 unspecified atom stereocenters. The molecule has 10 nitrogen and oxygen atoms in total. The summed E-state index contributed by atoms with van der Waals surface area (Å²) in [4.78, 5) is 35.7. The van der Waals surface area contributed by atoms with Gasteiger partial charge in [-0.05, 0) is 55.5 Å². The molecule has 1 aromatic carbocycles. The first-order chi connectivity index (χ1) is 17.6. The highest BCUT2D eigenvalue weighted by molar-refractivity contribution is 5.95. The zero-order chi connectivity index (χ0) is 24.5. The maximum Gasteiger partial charge on any atom is 0.230 e. The maximum absolute atomic E-state index is 12.6. The molecule has 6 rings (SSSR count). The first kappa shape index (κ1) is 21.7. The van der Waals surface area contributed by atoms with E-state index in [9.17, 15) is 4.79 Å². The number of carbonyl (C=O) groups excluding carboxylic acids is 1. The van der Waals surface area contributed by atoms with Gasteiger partial charge in [0.25, 0.3) is 0 Å². The molecule has 1 atom stereocenters. The fourth-order valence-electron chi connectivity index (χ4n) is 4.19. The Morgan fingerprint density at radius 3 is 2.69 bits per heavy atom. The number of carbonyl (C=O) groups is 1. The third-order valence-electron chi connectivity index (χ3n) is 5.98. The lowest BCUT2D eigenvalue weighted by Crippen LogP contribution is -2.22. The molecule has 5 aromatic rings. The minimum atomic E-state index is -0.131. The third kappa shape index (κ3) is 4.31. The Hall–Kier alpha value is -4.86. The van der Waals surface area contributed by atoms with Gasteiger partial charge in [-0.25, -0.2) is 9.97 Å². The van der Waals surface area contributed by atoms with Gasteiger partial charge in [-0.1, -0.05) is 0 Å². The number of benzene rings is 1. The second-order valence-corrected chi connectivity index (χ2v) is 8.70. The summed E-state index contributed by atoms with van der Waals surface area (Å²) >= 11 is 0. The third-order valence-corrected chi connectivity index (χ3v) is 5.98. The zero-order valence-corrected chi connectivity index (χ0v) is 19.5. The quantitative estimate of drug-likeness (QED) is 0.341. The van der Waals surface area contributed by atoms with Crippen molar-refractivity contribution in [3.63, 3.8) is 0 Å². The van der Waals surface area contributed by atoms with E-state index in [1.807, 2.05) is 59.8 Å². The number of hydrogen-bond donors (Lipinski definition) is 3. The molecule has 0 saturated heterocycles. The molecule has 0 bridgehead atoms. The Morgan fingerprint density at radius 2 is 1.92 bits per heavy atom. The van der Waals surface area contributed by atoms with Gasteiger partial charge in [-0.3, -0.25) is 19.9 Å². The lowest BCUT2D eigenvalue weighted by Gasteiger charge is -2.13. The summed E-state index contributed by atoms with van der Waals surface area (Å²) in [5, 5.41) is 10.2. The van der Waals surface area contributed by atoms with E-state index in [1.165, 1.54) is 0 Å². The fourth-order valence-corrected chi connectivity index (χ4v) is 4.19. The number of H-pyrrole nitrogens is 2. The van der Waals surface area contributed by atoms with Gasteiger partial charge in [0.2, 0.25) is 5.91 Å². The van der Waals surface area contributed by atoms with E-state index in [0.717, 1.165) is 51.7 Å². The van der Waals surface area contributed by atoms with Gasteiger partial charge in [-0.15, -0.1) is 0 Å². The molecule has 1 aliphatic rings. The van der Waals surface area contributed by atoms with E-state index >= 15 is 0 Å². The van der Waals surface area contributed by atoms with Crippen LogP contribution in [0.15, 0.2) is 72.1 Å². The molecule has 0 saturated carbocycles. The van der Waals surface area contributed by atoms with Crippen LogP contribution in [0, 0.1) is 0 Å². The highest BCUT2D eigenvalue weighted by Gasteiger charge is 2.20. The molecule has 1 amide bonds. The number of rotatable bonds is 6. The Labute approximate surface area is 206 Å². The average molecular weight is 478 g/mol. The highest BCUT2D eigenvalue weighted by atomic mass is 16.1. The summed E-state index contributed by atoms with van der Waals surface area (Å²) in [5.74, 6) is 1.40. The fraction of sp³-hybridized carbons (Fsp3) is 0.154. The molecule has 0 aliphatic carbocycles. The van der Waals surface area contributed by atoms with E-state index in [0.29, 0.717) is 5.69 Å². The topological polar surface area (TPSA) is 128 Å². The summed E-state index contributed by atoms with van der Waals surface area (Å²) in [5.41, 5.74) is 5.79. The number of nitrogens with zero attached hydrogens (tertiary/aromatic N) is 6. The van der Waals surface area contributed by atoms with E-state index in [2.05, 4.69) is 42.4 Å². The van der Waals surface area contributed by atoms with Crippen molar-refractivity contribution >= 4 is 34.8 Å². The number of aliphatic imine (C=N–C) groups is 1. The SMILES string of the molecule is CC1CN(c2nccc3[nH]c(-c4ccc(NC(=O)Cc5cc(-c6ccncc6)n[nH]5)cc4)nc23)C=N1. The summed E-state index contributed by atoms with van der Waals surface area (Å²) in [6.07, 6.45) is 7.21. The van der Waals surface area contributed by atoms with Crippen LogP contribution in [0.1, 0.15) is 12.6 Å². The van der Waals surface area contributed by atoms with Crippen molar-refractivity contribution in [1.29, 1.82) is 0 Å². The van der Waals surface area contributed by atoms with Gasteiger partial charge < -0.3 is 15.2 Å². The lowest BCUT2D eigenvalue weighted by molar-refractivity contribution is -0.115. The van der Waals surface area contributed by atoms with Gasteiger partial charge in [0.1, 0.15) is 11.3 Å². The molecular weight excluding hydrogens is 454 g/mol. The van der Waals surface area contributed by atoms with E-state index < -0.39 is 0 Å². The van der Waals surface area contributed by atoms with Crippen molar-refractivity contribution in [2.75, 3.05) is 16.8 Å². The van der Waals surface area contributed by atoms with Crippen LogP contribution in [-0.2, 0) is 11.2 Å². The standard InChI is InChI=1S/C26H23N9O/c1-16-14-35(15-29-16)26-24-21(8-11-28-26)31-25(32-24)18-2-4-19(5-3-18)30-23(36)13-20-12-22(34-33-20)17-6-9-27-10-7-17/h2-12,15-16H,13-14H2,1H3,(H,30,36)(H,31,32)(H,33,34). The van der Waals surface area contributed by atoms with E-state index in [-0.39, 0.29) is 18.4 Å². The molecule has 178 valence electrons. The van der Waals surface area contributed by atoms with Crippen LogP contribution >= 0.6 is 0 Å². The molecular formula is C26H23N9O. The number of hydrogen-bond acceptors (Lipinski definition) is 7. The first-order valence-electron chi connectivity index (χ1n) is 11.6. The summed E-state index contributed by atoms with van der Waals surface area (Å²) < 4.78 is 0. The molecule has 10 heteroatoms. The average Bonchev–Trinajstić information content (AvgIpc) is 3.64. The predicted octanol–water partition coefficient (Wildman–Crippen LogP) is 3.83. The van der Waals surface area contributed by atoms with Gasteiger partial charge >= 0.3 is 0 Å². The number of aromatic nitrogens is 6. The van der Waals surface area contributed by atoms with E-state index in [1.54, 1.807) is 18.6 Å². The Balaban J connectivity index is 1.14. The van der Waals surface area contributed by atoms with Crippen LogP contribution in [0.2, 0.25) is 0 Å². The molecule has 1 aliphatic heterocycles. The second kappa shape index (κ2) is 9.06. The lowest BCUT2D eigenvalue weighted by atomic mass is 10.1. The normalized spacial score (nSPS) is 15.0.